The van der Waals surface area contributed by atoms with E-state index in [1.54, 1.807) is 30.3 Å². The van der Waals surface area contributed by atoms with Crippen LogP contribution in [0.4, 0.5) is 0 Å². The summed E-state index contributed by atoms with van der Waals surface area (Å²) < 4.78 is 10.2. The summed E-state index contributed by atoms with van der Waals surface area (Å²) in [5.74, 6) is -1.33. The average molecular weight is 411 g/mol. The molecule has 0 spiro atoms. The zero-order chi connectivity index (χ0) is 19.8. The van der Waals surface area contributed by atoms with Crippen LogP contribution in [0.2, 0.25) is 5.02 Å². The Hall–Kier alpha value is -2.58. The van der Waals surface area contributed by atoms with Crippen molar-refractivity contribution in [2.45, 2.75) is 20.3 Å². The van der Waals surface area contributed by atoms with Crippen LogP contribution >= 0.6 is 22.9 Å². The van der Waals surface area contributed by atoms with Gasteiger partial charge in [-0.25, -0.2) is 4.79 Å². The van der Waals surface area contributed by atoms with Gasteiger partial charge >= 0.3 is 5.97 Å². The zero-order valence-electron chi connectivity index (χ0n) is 14.8. The molecule has 2 amide bonds. The molecule has 0 saturated carbocycles. The Balaban J connectivity index is 1.68. The van der Waals surface area contributed by atoms with Gasteiger partial charge in [0.1, 0.15) is 10.6 Å². The Kier molecular flexibility index (Phi) is 7.63. The maximum atomic E-state index is 11.9. The second kappa shape index (κ2) is 9.94. The Morgan fingerprint density at radius 3 is 2.30 bits per heavy atom. The third-order valence-electron chi connectivity index (χ3n) is 3.40. The zero-order valence-corrected chi connectivity index (χ0v) is 16.4. The number of hydrogen-bond acceptors (Lipinski definition) is 6. The van der Waals surface area contributed by atoms with Crippen LogP contribution in [0.5, 0.6) is 5.75 Å². The van der Waals surface area contributed by atoms with Gasteiger partial charge in [0.15, 0.2) is 13.2 Å². The molecule has 0 fully saturated rings. The van der Waals surface area contributed by atoms with E-state index in [4.69, 9.17) is 21.1 Å². The van der Waals surface area contributed by atoms with Crippen molar-refractivity contribution < 1.29 is 23.9 Å². The fraction of sp³-hybridized carbons (Fsp3) is 0.278. The molecule has 9 heteroatoms. The maximum Gasteiger partial charge on any atom is 0.348 e. The average Bonchev–Trinajstić information content (AvgIpc) is 3.04. The van der Waals surface area contributed by atoms with Gasteiger partial charge < -0.3 is 9.47 Å². The third kappa shape index (κ3) is 6.58. The van der Waals surface area contributed by atoms with Gasteiger partial charge in [0.25, 0.3) is 11.8 Å². The smallest absolute Gasteiger partial charge is 0.348 e. The van der Waals surface area contributed by atoms with E-state index in [1.165, 1.54) is 11.3 Å². The van der Waals surface area contributed by atoms with E-state index in [0.29, 0.717) is 15.6 Å². The normalized spacial score (nSPS) is 10.2. The standard InChI is InChI=1S/C18H19ClN2O5S/c1-3-14-11(2)8-15(27-14)18(24)26-10-17(23)21-20-16(22)9-25-13-6-4-12(19)5-7-13/h4-8H,3,9-10H2,1-2H3,(H,20,22)(H,21,23). The second-order valence-electron chi connectivity index (χ2n) is 5.49. The highest BCUT2D eigenvalue weighted by Crippen LogP contribution is 2.22. The van der Waals surface area contributed by atoms with E-state index in [9.17, 15) is 14.4 Å². The van der Waals surface area contributed by atoms with Crippen LogP contribution in [0.25, 0.3) is 0 Å². The summed E-state index contributed by atoms with van der Waals surface area (Å²) in [7, 11) is 0. The van der Waals surface area contributed by atoms with E-state index in [1.807, 2.05) is 13.8 Å². The van der Waals surface area contributed by atoms with E-state index in [-0.39, 0.29) is 6.61 Å². The van der Waals surface area contributed by atoms with Crippen molar-refractivity contribution in [3.05, 3.63) is 50.7 Å². The van der Waals surface area contributed by atoms with Gasteiger partial charge in [-0.15, -0.1) is 11.3 Å². The summed E-state index contributed by atoms with van der Waals surface area (Å²) >= 11 is 7.09. The van der Waals surface area contributed by atoms with Gasteiger partial charge in [-0.1, -0.05) is 18.5 Å². The molecule has 0 atom stereocenters. The monoisotopic (exact) mass is 410 g/mol. The first-order valence-electron chi connectivity index (χ1n) is 8.11. The number of aryl methyl sites for hydroxylation is 2. The molecule has 1 aromatic carbocycles. The number of amides is 2. The van der Waals surface area contributed by atoms with Crippen molar-refractivity contribution in [1.82, 2.24) is 10.9 Å². The van der Waals surface area contributed by atoms with Gasteiger partial charge in [-0.2, -0.15) is 0 Å². The number of ether oxygens (including phenoxy) is 2. The minimum Gasteiger partial charge on any atom is -0.484 e. The first-order chi connectivity index (χ1) is 12.9. The summed E-state index contributed by atoms with van der Waals surface area (Å²) in [5.41, 5.74) is 5.34. The van der Waals surface area contributed by atoms with Crippen LogP contribution in [-0.4, -0.2) is 31.0 Å². The lowest BCUT2D eigenvalue weighted by atomic mass is 10.2. The van der Waals surface area contributed by atoms with Crippen molar-refractivity contribution in [1.29, 1.82) is 0 Å². The van der Waals surface area contributed by atoms with Gasteiger partial charge in [-0.3, -0.25) is 20.4 Å². The predicted molar refractivity (Wildman–Crippen MR) is 102 cm³/mol. The Morgan fingerprint density at radius 2 is 1.70 bits per heavy atom. The molecule has 0 aliphatic carbocycles. The minimum absolute atomic E-state index is 0.296. The van der Waals surface area contributed by atoms with Crippen molar-refractivity contribution in [2.24, 2.45) is 0 Å². The van der Waals surface area contributed by atoms with Crippen LogP contribution < -0.4 is 15.6 Å². The highest BCUT2D eigenvalue weighted by Gasteiger charge is 2.15. The van der Waals surface area contributed by atoms with Crippen LogP contribution in [-0.2, 0) is 20.7 Å². The molecule has 2 rings (SSSR count). The Bertz CT molecular complexity index is 820. The topological polar surface area (TPSA) is 93.7 Å². The third-order valence-corrected chi connectivity index (χ3v) is 5.02. The Morgan fingerprint density at radius 1 is 1.07 bits per heavy atom. The van der Waals surface area contributed by atoms with Gasteiger partial charge in [0, 0.05) is 9.90 Å². The summed E-state index contributed by atoms with van der Waals surface area (Å²) in [6.07, 6.45) is 0.828. The summed E-state index contributed by atoms with van der Waals surface area (Å²) in [6, 6.07) is 8.22. The quantitative estimate of drug-likeness (QED) is 0.540. The number of carbonyl (C=O) groups is 3. The molecular weight excluding hydrogens is 392 g/mol. The van der Waals surface area contributed by atoms with E-state index in [2.05, 4.69) is 10.9 Å². The summed E-state index contributed by atoms with van der Waals surface area (Å²) in [6.45, 7) is 3.12. The lowest BCUT2D eigenvalue weighted by molar-refractivity contribution is -0.131. The highest BCUT2D eigenvalue weighted by atomic mass is 35.5. The van der Waals surface area contributed by atoms with Crippen LogP contribution in [0.15, 0.2) is 30.3 Å². The molecule has 1 aromatic heterocycles. The largest absolute Gasteiger partial charge is 0.484 e. The second-order valence-corrected chi connectivity index (χ2v) is 7.06. The lowest BCUT2D eigenvalue weighted by Gasteiger charge is -2.09. The maximum absolute atomic E-state index is 11.9. The van der Waals surface area contributed by atoms with Gasteiger partial charge in [0.2, 0.25) is 0 Å². The molecule has 27 heavy (non-hydrogen) atoms. The van der Waals surface area contributed by atoms with Crippen molar-refractivity contribution in [3.8, 4) is 5.75 Å². The minimum atomic E-state index is -0.660. The molecule has 2 aromatic rings. The molecule has 0 bridgehead atoms. The lowest BCUT2D eigenvalue weighted by Crippen LogP contribution is -2.45. The molecule has 0 radical (unpaired) electrons. The number of hydrazine groups is 1. The molecular formula is C18H19ClN2O5S. The first kappa shape index (κ1) is 20.7. The summed E-state index contributed by atoms with van der Waals surface area (Å²) in [5, 5.41) is 0.553. The highest BCUT2D eigenvalue weighted by molar-refractivity contribution is 7.14. The fourth-order valence-corrected chi connectivity index (χ4v) is 3.20. The van der Waals surface area contributed by atoms with Crippen LogP contribution in [0.1, 0.15) is 27.0 Å². The number of carbonyl (C=O) groups excluding carboxylic acids is 3. The first-order valence-corrected chi connectivity index (χ1v) is 9.31. The van der Waals surface area contributed by atoms with Crippen LogP contribution in [0, 0.1) is 6.92 Å². The summed E-state index contributed by atoms with van der Waals surface area (Å²) in [4.78, 5) is 36.8. The molecule has 0 aliphatic heterocycles. The predicted octanol–water partition coefficient (Wildman–Crippen LogP) is 2.66. The van der Waals surface area contributed by atoms with E-state index < -0.39 is 24.4 Å². The molecule has 0 unspecified atom stereocenters. The number of halogens is 1. The molecule has 2 N–H and O–H groups in total. The molecule has 1 heterocycles. The number of thiophene rings is 1. The van der Waals surface area contributed by atoms with Crippen molar-refractivity contribution in [2.75, 3.05) is 13.2 Å². The fourth-order valence-electron chi connectivity index (χ4n) is 2.06. The van der Waals surface area contributed by atoms with Gasteiger partial charge in [-0.05, 0) is 49.2 Å². The molecule has 0 saturated heterocycles. The van der Waals surface area contributed by atoms with Gasteiger partial charge in [0.05, 0.1) is 0 Å². The van der Waals surface area contributed by atoms with Crippen molar-refractivity contribution in [3.63, 3.8) is 0 Å². The van der Waals surface area contributed by atoms with Crippen LogP contribution in [0.3, 0.4) is 0 Å². The number of benzene rings is 1. The number of rotatable bonds is 7. The number of hydrogen-bond donors (Lipinski definition) is 2. The molecule has 7 nitrogen and oxygen atoms in total. The molecule has 144 valence electrons. The number of esters is 1. The van der Waals surface area contributed by atoms with Crippen molar-refractivity contribution >= 4 is 40.7 Å². The van der Waals surface area contributed by atoms with E-state index in [0.717, 1.165) is 16.9 Å². The SMILES string of the molecule is CCc1sc(C(=O)OCC(=O)NNC(=O)COc2ccc(Cl)cc2)cc1C. The Labute approximate surface area is 165 Å². The molecule has 0 aliphatic rings. The van der Waals surface area contributed by atoms with E-state index >= 15 is 0 Å². The number of nitrogens with one attached hydrogen (secondary N) is 2.